The lowest BCUT2D eigenvalue weighted by Gasteiger charge is -2.32. The zero-order valence-corrected chi connectivity index (χ0v) is 14.5. The largest absolute Gasteiger partial charge is 0.335 e. The van der Waals surface area contributed by atoms with Crippen molar-refractivity contribution in [3.8, 4) is 0 Å². The highest BCUT2D eigenvalue weighted by atomic mass is 35.5. The van der Waals surface area contributed by atoms with Crippen molar-refractivity contribution in [1.29, 1.82) is 0 Å². The molecular weight excluding hydrogens is 326 g/mol. The molecule has 1 fully saturated rings. The first-order valence-electron chi connectivity index (χ1n) is 7.88. The highest BCUT2D eigenvalue weighted by molar-refractivity contribution is 6.33. The Bertz CT molecular complexity index is 744. The molecule has 126 valence electrons. The Kier molecular flexibility index (Phi) is 4.97. The minimum atomic E-state index is -0.0594. The lowest BCUT2D eigenvalue weighted by Crippen LogP contribution is -2.47. The molecular formula is C17H20ClN5O. The maximum atomic E-state index is 12.7. The summed E-state index contributed by atoms with van der Waals surface area (Å²) in [6.07, 6.45) is 0. The van der Waals surface area contributed by atoms with Crippen LogP contribution < -0.4 is 5.32 Å². The van der Waals surface area contributed by atoms with Gasteiger partial charge in [-0.15, -0.1) is 0 Å². The Morgan fingerprint density at radius 2 is 1.88 bits per heavy atom. The number of anilines is 2. The summed E-state index contributed by atoms with van der Waals surface area (Å²) in [5, 5.41) is 3.66. The third-order valence-electron chi connectivity index (χ3n) is 3.98. The van der Waals surface area contributed by atoms with Crippen molar-refractivity contribution >= 4 is 29.1 Å². The van der Waals surface area contributed by atoms with Gasteiger partial charge in [0, 0.05) is 31.9 Å². The summed E-state index contributed by atoms with van der Waals surface area (Å²) in [4.78, 5) is 25.5. The number of carbonyl (C=O) groups is 1. The molecule has 0 aliphatic carbocycles. The third kappa shape index (κ3) is 3.83. The van der Waals surface area contributed by atoms with E-state index in [0.29, 0.717) is 35.4 Å². The Hall–Kier alpha value is -2.18. The monoisotopic (exact) mass is 345 g/mol. The number of halogens is 1. The summed E-state index contributed by atoms with van der Waals surface area (Å²) < 4.78 is 0. The molecule has 0 saturated carbocycles. The summed E-state index contributed by atoms with van der Waals surface area (Å²) in [7, 11) is 2.06. The molecule has 1 aromatic heterocycles. The topological polar surface area (TPSA) is 61.4 Å². The van der Waals surface area contributed by atoms with Crippen molar-refractivity contribution in [2.24, 2.45) is 0 Å². The number of piperazine rings is 1. The van der Waals surface area contributed by atoms with Crippen molar-refractivity contribution in [3.05, 3.63) is 46.7 Å². The van der Waals surface area contributed by atoms with Crippen LogP contribution in [0.1, 0.15) is 16.2 Å². The number of hydrogen-bond donors (Lipinski definition) is 1. The first kappa shape index (κ1) is 16.7. The van der Waals surface area contributed by atoms with E-state index in [0.717, 1.165) is 18.8 Å². The van der Waals surface area contributed by atoms with Crippen LogP contribution in [0.5, 0.6) is 0 Å². The molecule has 1 aromatic carbocycles. The summed E-state index contributed by atoms with van der Waals surface area (Å²) in [5.74, 6) is 0.316. The van der Waals surface area contributed by atoms with Gasteiger partial charge in [-0.05, 0) is 32.2 Å². The number of nitrogens with one attached hydrogen (secondary N) is 1. The van der Waals surface area contributed by atoms with E-state index >= 15 is 0 Å². The molecule has 1 N–H and O–H groups in total. The number of aryl methyl sites for hydroxylation is 1. The molecule has 1 aliphatic rings. The van der Waals surface area contributed by atoms with Crippen LogP contribution in [0.25, 0.3) is 0 Å². The zero-order valence-electron chi connectivity index (χ0n) is 13.8. The van der Waals surface area contributed by atoms with Crippen LogP contribution >= 0.6 is 11.6 Å². The van der Waals surface area contributed by atoms with E-state index in [2.05, 4.69) is 27.2 Å². The molecule has 3 rings (SSSR count). The number of para-hydroxylation sites is 1. The highest BCUT2D eigenvalue weighted by Crippen LogP contribution is 2.23. The lowest BCUT2D eigenvalue weighted by molar-refractivity contribution is 0.0658. The molecule has 0 radical (unpaired) electrons. The number of likely N-dealkylation sites (N-methyl/N-ethyl adjacent to an activating group) is 1. The van der Waals surface area contributed by atoms with E-state index in [9.17, 15) is 4.79 Å². The van der Waals surface area contributed by atoms with Crippen LogP contribution in [0.4, 0.5) is 11.6 Å². The van der Waals surface area contributed by atoms with Crippen molar-refractivity contribution in [3.63, 3.8) is 0 Å². The van der Waals surface area contributed by atoms with Crippen LogP contribution in [0.2, 0.25) is 5.02 Å². The summed E-state index contributed by atoms with van der Waals surface area (Å²) >= 11 is 6.15. The van der Waals surface area contributed by atoms with Gasteiger partial charge in [-0.25, -0.2) is 9.97 Å². The first-order valence-corrected chi connectivity index (χ1v) is 8.26. The number of benzene rings is 1. The molecule has 1 saturated heterocycles. The molecule has 0 atom stereocenters. The lowest BCUT2D eigenvalue weighted by atomic mass is 10.2. The second kappa shape index (κ2) is 7.15. The van der Waals surface area contributed by atoms with Crippen LogP contribution in [-0.4, -0.2) is 58.9 Å². The van der Waals surface area contributed by atoms with Gasteiger partial charge >= 0.3 is 0 Å². The molecule has 1 amide bonds. The maximum absolute atomic E-state index is 12.7. The van der Waals surface area contributed by atoms with Crippen molar-refractivity contribution in [2.75, 3.05) is 38.5 Å². The number of rotatable bonds is 3. The number of carbonyl (C=O) groups excluding carboxylic acids is 1. The fourth-order valence-electron chi connectivity index (χ4n) is 2.59. The van der Waals surface area contributed by atoms with Gasteiger partial charge < -0.3 is 15.1 Å². The third-order valence-corrected chi connectivity index (χ3v) is 4.31. The Labute approximate surface area is 146 Å². The SMILES string of the molecule is Cc1cc(C(=O)N2CCN(C)CC2)nc(Nc2ccccc2Cl)n1. The number of aromatic nitrogens is 2. The Morgan fingerprint density at radius 3 is 2.58 bits per heavy atom. The minimum absolute atomic E-state index is 0.0594. The van der Waals surface area contributed by atoms with E-state index in [-0.39, 0.29) is 5.91 Å². The van der Waals surface area contributed by atoms with Gasteiger partial charge in [-0.1, -0.05) is 23.7 Å². The average molecular weight is 346 g/mol. The van der Waals surface area contributed by atoms with Gasteiger partial charge in [-0.2, -0.15) is 0 Å². The van der Waals surface area contributed by atoms with Crippen molar-refractivity contribution < 1.29 is 4.79 Å². The second-order valence-corrected chi connectivity index (χ2v) is 6.33. The van der Waals surface area contributed by atoms with Gasteiger partial charge in [0.1, 0.15) is 5.69 Å². The van der Waals surface area contributed by atoms with E-state index in [1.165, 1.54) is 0 Å². The fraction of sp³-hybridized carbons (Fsp3) is 0.353. The van der Waals surface area contributed by atoms with Gasteiger partial charge in [0.2, 0.25) is 5.95 Å². The van der Waals surface area contributed by atoms with Gasteiger partial charge in [0.05, 0.1) is 10.7 Å². The molecule has 0 unspecified atom stereocenters. The van der Waals surface area contributed by atoms with Crippen LogP contribution in [-0.2, 0) is 0 Å². The van der Waals surface area contributed by atoms with Gasteiger partial charge in [0.15, 0.2) is 0 Å². The number of amides is 1. The fourth-order valence-corrected chi connectivity index (χ4v) is 2.77. The van der Waals surface area contributed by atoms with Gasteiger partial charge in [0.25, 0.3) is 5.91 Å². The highest BCUT2D eigenvalue weighted by Gasteiger charge is 2.22. The molecule has 2 heterocycles. The van der Waals surface area contributed by atoms with E-state index in [4.69, 9.17) is 11.6 Å². The second-order valence-electron chi connectivity index (χ2n) is 5.92. The average Bonchev–Trinajstić information content (AvgIpc) is 2.56. The molecule has 24 heavy (non-hydrogen) atoms. The van der Waals surface area contributed by atoms with Crippen molar-refractivity contribution in [1.82, 2.24) is 19.8 Å². The summed E-state index contributed by atoms with van der Waals surface area (Å²) in [5.41, 5.74) is 1.85. The number of hydrogen-bond acceptors (Lipinski definition) is 5. The number of nitrogens with zero attached hydrogens (tertiary/aromatic N) is 4. The smallest absolute Gasteiger partial charge is 0.272 e. The molecule has 6 nitrogen and oxygen atoms in total. The minimum Gasteiger partial charge on any atom is -0.335 e. The molecule has 0 bridgehead atoms. The van der Waals surface area contributed by atoms with E-state index in [1.807, 2.05) is 30.0 Å². The summed E-state index contributed by atoms with van der Waals surface area (Å²) in [6, 6.07) is 9.08. The quantitative estimate of drug-likeness (QED) is 0.926. The molecule has 2 aromatic rings. The summed E-state index contributed by atoms with van der Waals surface area (Å²) in [6.45, 7) is 5.03. The van der Waals surface area contributed by atoms with Crippen LogP contribution in [0.3, 0.4) is 0 Å². The molecule has 1 aliphatic heterocycles. The zero-order chi connectivity index (χ0) is 17.1. The standard InChI is InChI=1S/C17H20ClN5O/c1-12-11-15(16(24)23-9-7-22(2)8-10-23)21-17(19-12)20-14-6-4-3-5-13(14)18/h3-6,11H,7-10H2,1-2H3,(H,19,20,21). The molecule has 0 spiro atoms. The molecule has 7 heteroatoms. The first-order chi connectivity index (χ1) is 11.5. The predicted molar refractivity (Wildman–Crippen MR) is 94.9 cm³/mol. The van der Waals surface area contributed by atoms with Gasteiger partial charge in [-0.3, -0.25) is 4.79 Å². The van der Waals surface area contributed by atoms with Crippen LogP contribution in [0, 0.1) is 6.92 Å². The van der Waals surface area contributed by atoms with Crippen molar-refractivity contribution in [2.45, 2.75) is 6.92 Å². The normalized spacial score (nSPS) is 15.4. The van der Waals surface area contributed by atoms with Crippen LogP contribution in [0.15, 0.2) is 30.3 Å². The Balaban J connectivity index is 1.81. The van der Waals surface area contributed by atoms with E-state index in [1.54, 1.807) is 12.1 Å². The Morgan fingerprint density at radius 1 is 1.17 bits per heavy atom. The predicted octanol–water partition coefficient (Wildman–Crippen LogP) is 2.57. The van der Waals surface area contributed by atoms with E-state index < -0.39 is 0 Å². The maximum Gasteiger partial charge on any atom is 0.272 e.